The number of halogens is 2. The van der Waals surface area contributed by atoms with Crippen molar-refractivity contribution in [3.8, 4) is 11.1 Å². The smallest absolute Gasteiger partial charge is 0.327 e. The predicted octanol–water partition coefficient (Wildman–Crippen LogP) is 3.09. The zero-order valence-electron chi connectivity index (χ0n) is 12.5. The molecule has 0 radical (unpaired) electrons. The van der Waals surface area contributed by atoms with E-state index in [0.29, 0.717) is 40.3 Å². The number of rotatable bonds is 4. The van der Waals surface area contributed by atoms with Gasteiger partial charge in [-0.15, -0.1) is 0 Å². The van der Waals surface area contributed by atoms with Crippen molar-refractivity contribution in [2.24, 2.45) is 5.73 Å². The van der Waals surface area contributed by atoms with E-state index in [0.717, 1.165) is 0 Å². The maximum absolute atomic E-state index is 13.2. The Morgan fingerprint density at radius 2 is 2.09 bits per heavy atom. The van der Waals surface area contributed by atoms with E-state index in [-0.39, 0.29) is 17.5 Å². The molecule has 3 aromatic rings. The Hall–Kier alpha value is -2.18. The highest BCUT2D eigenvalue weighted by Gasteiger charge is 2.20. The SMILES string of the molecule is CC[C@H](CN)n1c(=O)[nH]c2ncc(Cl)c(-c3ccc(F)cc3)c21. The van der Waals surface area contributed by atoms with Crippen molar-refractivity contribution in [2.45, 2.75) is 19.4 Å². The standard InChI is InChI=1S/C16H16ClFN4O/c1-2-11(7-19)22-14-13(9-3-5-10(18)6-4-9)12(17)8-20-15(14)21-16(22)23/h3-6,8,11H,2,7,19H2,1H3,(H,20,21,23)/t11-/m1/s1. The van der Waals surface area contributed by atoms with Gasteiger partial charge >= 0.3 is 5.69 Å². The van der Waals surface area contributed by atoms with Crippen molar-refractivity contribution in [1.82, 2.24) is 14.5 Å². The molecule has 0 aliphatic heterocycles. The van der Waals surface area contributed by atoms with Gasteiger partial charge in [0.05, 0.1) is 16.6 Å². The molecule has 0 unspecified atom stereocenters. The van der Waals surface area contributed by atoms with Gasteiger partial charge < -0.3 is 5.73 Å². The van der Waals surface area contributed by atoms with E-state index in [4.69, 9.17) is 17.3 Å². The number of hydrogen-bond acceptors (Lipinski definition) is 3. The van der Waals surface area contributed by atoms with Crippen molar-refractivity contribution in [1.29, 1.82) is 0 Å². The number of nitrogens with zero attached hydrogens (tertiary/aromatic N) is 2. The Bertz CT molecular complexity index is 897. The number of benzene rings is 1. The highest BCUT2D eigenvalue weighted by molar-refractivity contribution is 6.34. The van der Waals surface area contributed by atoms with Crippen molar-refractivity contribution < 1.29 is 4.39 Å². The molecule has 23 heavy (non-hydrogen) atoms. The Kier molecular flexibility index (Phi) is 4.19. The van der Waals surface area contributed by atoms with Crippen LogP contribution in [0.4, 0.5) is 4.39 Å². The maximum atomic E-state index is 13.2. The van der Waals surface area contributed by atoms with Crippen LogP contribution in [-0.4, -0.2) is 21.1 Å². The molecule has 7 heteroatoms. The minimum Gasteiger partial charge on any atom is -0.328 e. The van der Waals surface area contributed by atoms with E-state index < -0.39 is 0 Å². The number of H-pyrrole nitrogens is 1. The summed E-state index contributed by atoms with van der Waals surface area (Å²) in [6.45, 7) is 2.27. The van der Waals surface area contributed by atoms with Crippen molar-refractivity contribution >= 4 is 22.8 Å². The van der Waals surface area contributed by atoms with E-state index >= 15 is 0 Å². The molecule has 2 aromatic heterocycles. The minimum absolute atomic E-state index is 0.171. The molecule has 1 atom stereocenters. The summed E-state index contributed by atoms with van der Waals surface area (Å²) in [5.74, 6) is -0.338. The van der Waals surface area contributed by atoms with Gasteiger partial charge in [-0.3, -0.25) is 9.55 Å². The van der Waals surface area contributed by atoms with E-state index in [9.17, 15) is 9.18 Å². The number of aromatic nitrogens is 3. The second-order valence-corrected chi connectivity index (χ2v) is 5.69. The number of fused-ring (bicyclic) bond motifs is 1. The van der Waals surface area contributed by atoms with Crippen molar-refractivity contribution in [2.75, 3.05) is 6.54 Å². The quantitative estimate of drug-likeness (QED) is 0.769. The summed E-state index contributed by atoms with van der Waals surface area (Å²) >= 11 is 6.33. The van der Waals surface area contributed by atoms with Gasteiger partial charge in [0.15, 0.2) is 5.65 Å². The molecular weight excluding hydrogens is 319 g/mol. The first-order valence-corrected chi connectivity index (χ1v) is 7.69. The molecule has 0 saturated heterocycles. The van der Waals surface area contributed by atoms with Crippen LogP contribution in [0.5, 0.6) is 0 Å². The molecule has 0 aliphatic rings. The highest BCUT2D eigenvalue weighted by Crippen LogP contribution is 2.34. The fourth-order valence-electron chi connectivity index (χ4n) is 2.76. The van der Waals surface area contributed by atoms with Crippen LogP contribution in [0.2, 0.25) is 5.02 Å². The van der Waals surface area contributed by atoms with Crippen LogP contribution in [0.25, 0.3) is 22.3 Å². The van der Waals surface area contributed by atoms with Crippen LogP contribution in [-0.2, 0) is 0 Å². The largest absolute Gasteiger partial charge is 0.328 e. The first-order chi connectivity index (χ1) is 11.1. The van der Waals surface area contributed by atoms with Crippen molar-refractivity contribution in [3.05, 3.63) is 51.8 Å². The predicted molar refractivity (Wildman–Crippen MR) is 89.1 cm³/mol. The first kappa shape index (κ1) is 15.7. The van der Waals surface area contributed by atoms with Gasteiger partial charge in [-0.2, -0.15) is 0 Å². The summed E-state index contributed by atoms with van der Waals surface area (Å²) in [4.78, 5) is 19.3. The zero-order valence-corrected chi connectivity index (χ0v) is 13.3. The molecule has 0 aliphatic carbocycles. The molecule has 0 spiro atoms. The van der Waals surface area contributed by atoms with Crippen molar-refractivity contribution in [3.63, 3.8) is 0 Å². The molecule has 2 heterocycles. The number of nitrogens with two attached hydrogens (primary N) is 1. The molecular formula is C16H16ClFN4O. The summed E-state index contributed by atoms with van der Waals surface area (Å²) in [7, 11) is 0. The molecule has 120 valence electrons. The lowest BCUT2D eigenvalue weighted by Gasteiger charge is -2.16. The second-order valence-electron chi connectivity index (χ2n) is 5.28. The van der Waals surface area contributed by atoms with Crippen LogP contribution >= 0.6 is 11.6 Å². The molecule has 3 rings (SSSR count). The van der Waals surface area contributed by atoms with E-state index in [1.165, 1.54) is 18.3 Å². The Balaban J connectivity index is 2.38. The topological polar surface area (TPSA) is 76.7 Å². The van der Waals surface area contributed by atoms with Crippen LogP contribution in [0.3, 0.4) is 0 Å². The molecule has 0 saturated carbocycles. The third kappa shape index (κ3) is 2.64. The van der Waals surface area contributed by atoms with Gasteiger partial charge in [-0.25, -0.2) is 14.2 Å². The second kappa shape index (κ2) is 6.14. The monoisotopic (exact) mass is 334 g/mol. The highest BCUT2D eigenvalue weighted by atomic mass is 35.5. The third-order valence-corrected chi connectivity index (χ3v) is 4.22. The fraction of sp³-hybridized carbons (Fsp3) is 0.250. The van der Waals surface area contributed by atoms with Gasteiger partial charge in [0.2, 0.25) is 0 Å². The lowest BCUT2D eigenvalue weighted by molar-refractivity contribution is 0.496. The lowest BCUT2D eigenvalue weighted by Crippen LogP contribution is -2.27. The minimum atomic E-state index is -0.338. The number of imidazole rings is 1. The average molecular weight is 335 g/mol. The zero-order chi connectivity index (χ0) is 16.6. The van der Waals surface area contributed by atoms with Gasteiger partial charge in [-0.05, 0) is 24.1 Å². The van der Waals surface area contributed by atoms with Crippen LogP contribution < -0.4 is 11.4 Å². The van der Waals surface area contributed by atoms with Gasteiger partial charge in [0, 0.05) is 18.3 Å². The first-order valence-electron chi connectivity index (χ1n) is 7.31. The van der Waals surface area contributed by atoms with E-state index in [2.05, 4.69) is 9.97 Å². The third-order valence-electron chi connectivity index (χ3n) is 3.93. The van der Waals surface area contributed by atoms with Crippen LogP contribution in [0, 0.1) is 5.82 Å². The summed E-state index contributed by atoms with van der Waals surface area (Å²) in [6, 6.07) is 5.79. The number of nitrogens with one attached hydrogen (secondary N) is 1. The number of aromatic amines is 1. The molecule has 0 bridgehead atoms. The molecule has 5 nitrogen and oxygen atoms in total. The Labute approximate surface area is 136 Å². The van der Waals surface area contributed by atoms with Crippen LogP contribution in [0.1, 0.15) is 19.4 Å². The van der Waals surface area contributed by atoms with Gasteiger partial charge in [0.25, 0.3) is 0 Å². The average Bonchev–Trinajstić information content (AvgIpc) is 2.87. The van der Waals surface area contributed by atoms with Gasteiger partial charge in [-0.1, -0.05) is 30.7 Å². The normalized spacial score (nSPS) is 12.7. The fourth-order valence-corrected chi connectivity index (χ4v) is 3.01. The number of pyridine rings is 1. The van der Waals surface area contributed by atoms with Crippen LogP contribution in [0.15, 0.2) is 35.3 Å². The molecule has 3 N–H and O–H groups in total. The van der Waals surface area contributed by atoms with E-state index in [1.54, 1.807) is 16.7 Å². The number of hydrogen-bond donors (Lipinski definition) is 2. The summed E-state index contributed by atoms with van der Waals surface area (Å²) < 4.78 is 14.8. The summed E-state index contributed by atoms with van der Waals surface area (Å²) in [5, 5.41) is 0.392. The molecule has 0 amide bonds. The Morgan fingerprint density at radius 1 is 1.39 bits per heavy atom. The summed E-state index contributed by atoms with van der Waals surface area (Å²) in [5.41, 5.74) is 7.90. The maximum Gasteiger partial charge on any atom is 0.327 e. The van der Waals surface area contributed by atoms with E-state index in [1.807, 2.05) is 6.92 Å². The molecule has 1 aromatic carbocycles. The molecule has 0 fully saturated rings. The Morgan fingerprint density at radius 3 is 2.70 bits per heavy atom. The summed E-state index contributed by atoms with van der Waals surface area (Å²) in [6.07, 6.45) is 2.17. The van der Waals surface area contributed by atoms with Gasteiger partial charge in [0.1, 0.15) is 5.82 Å². The lowest BCUT2D eigenvalue weighted by atomic mass is 10.1.